The highest BCUT2D eigenvalue weighted by Gasteiger charge is 2.24. The van der Waals surface area contributed by atoms with Crippen LogP contribution in [0.4, 0.5) is 10.1 Å². The first-order valence-electron chi connectivity index (χ1n) is 10.9. The van der Waals surface area contributed by atoms with Crippen LogP contribution in [0.5, 0.6) is 0 Å². The predicted octanol–water partition coefficient (Wildman–Crippen LogP) is 2.12. The second kappa shape index (κ2) is 10.1. The normalized spacial score (nSPS) is 13.7. The van der Waals surface area contributed by atoms with Gasteiger partial charge in [-0.15, -0.1) is 0 Å². The van der Waals surface area contributed by atoms with Crippen LogP contribution in [0.3, 0.4) is 0 Å². The van der Waals surface area contributed by atoms with Crippen LogP contribution in [0.1, 0.15) is 27.6 Å². The quantitative estimate of drug-likeness (QED) is 0.489. The van der Waals surface area contributed by atoms with E-state index < -0.39 is 22.8 Å². The molecule has 8 nitrogen and oxygen atoms in total. The Morgan fingerprint density at radius 3 is 2.46 bits per heavy atom. The second-order valence-corrected chi connectivity index (χ2v) is 9.22. The lowest BCUT2D eigenvalue weighted by Gasteiger charge is -2.37. The third kappa shape index (κ3) is 4.92. The largest absolute Gasteiger partial charge is 0.545 e. The number of fused-ring (bicyclic) bond motifs is 1. The van der Waals surface area contributed by atoms with E-state index >= 15 is 4.39 Å². The van der Waals surface area contributed by atoms with Crippen LogP contribution in [-0.2, 0) is 6.54 Å². The van der Waals surface area contributed by atoms with Crippen LogP contribution < -0.4 is 20.8 Å². The number of carbonyl (C=O) groups excluding carboxylic acids is 2. The summed E-state index contributed by atoms with van der Waals surface area (Å²) in [6.07, 6.45) is 1.23. The predicted molar refractivity (Wildman–Crippen MR) is 136 cm³/mol. The van der Waals surface area contributed by atoms with Gasteiger partial charge in [0.1, 0.15) is 5.82 Å². The first-order valence-corrected chi connectivity index (χ1v) is 12.1. The third-order valence-corrected chi connectivity index (χ3v) is 7.01. The fourth-order valence-corrected chi connectivity index (χ4v) is 4.83. The number of aromatic carboxylic acids is 1. The van der Waals surface area contributed by atoms with E-state index in [2.05, 4.69) is 21.2 Å². The number of piperazine rings is 1. The molecule has 0 atom stereocenters. The van der Waals surface area contributed by atoms with Gasteiger partial charge >= 0.3 is 0 Å². The van der Waals surface area contributed by atoms with E-state index in [9.17, 15) is 19.5 Å². The van der Waals surface area contributed by atoms with Crippen molar-refractivity contribution < 1.29 is 19.1 Å². The standard InChI is InChI=1S/C24H22BrFN4O4S/c1-2-28-13-16(23(33)34)21(31)15-11-18(26)20(12-19(15)28)29-7-9-30(10-8-29)24(35)27-22(32)14-5-3-4-6-17(14)25/h3-6,11-13H,2,7-10H2,1H3,(H,33,34)(H,27,32,35)/p-1. The Morgan fingerprint density at radius 1 is 1.14 bits per heavy atom. The molecule has 1 saturated heterocycles. The Labute approximate surface area is 214 Å². The molecule has 2 heterocycles. The first kappa shape index (κ1) is 24.8. The van der Waals surface area contributed by atoms with Crippen LogP contribution in [-0.4, -0.2) is 52.6 Å². The van der Waals surface area contributed by atoms with Gasteiger partial charge in [0.2, 0.25) is 0 Å². The Hall–Kier alpha value is -3.31. The molecule has 1 aliphatic rings. The minimum atomic E-state index is -1.60. The molecule has 1 N–H and O–H groups in total. The van der Waals surface area contributed by atoms with Crippen LogP contribution in [0, 0.1) is 5.82 Å². The van der Waals surface area contributed by atoms with Gasteiger partial charge < -0.3 is 24.3 Å². The second-order valence-electron chi connectivity index (χ2n) is 7.98. The molecule has 1 aliphatic heterocycles. The summed E-state index contributed by atoms with van der Waals surface area (Å²) < 4.78 is 17.3. The van der Waals surface area contributed by atoms with Gasteiger partial charge in [0.15, 0.2) is 10.5 Å². The number of nitrogens with zero attached hydrogens (tertiary/aromatic N) is 3. The number of benzene rings is 2. The van der Waals surface area contributed by atoms with Crippen molar-refractivity contribution in [3.05, 3.63) is 74.2 Å². The number of nitrogens with one attached hydrogen (secondary N) is 1. The summed E-state index contributed by atoms with van der Waals surface area (Å²) in [6.45, 7) is 3.96. The summed E-state index contributed by atoms with van der Waals surface area (Å²) >= 11 is 8.77. The summed E-state index contributed by atoms with van der Waals surface area (Å²) in [4.78, 5) is 40.1. The Kier molecular flexibility index (Phi) is 7.18. The Morgan fingerprint density at radius 2 is 1.83 bits per heavy atom. The van der Waals surface area contributed by atoms with Crippen molar-refractivity contribution in [2.45, 2.75) is 13.5 Å². The van der Waals surface area contributed by atoms with Gasteiger partial charge in [-0.2, -0.15) is 0 Å². The number of hydrogen-bond donors (Lipinski definition) is 1. The number of carbonyl (C=O) groups is 2. The zero-order valence-corrected chi connectivity index (χ0v) is 21.1. The number of thiocarbonyl (C=S) groups is 1. The molecule has 3 aromatic rings. The number of anilines is 1. The molecular weight excluding hydrogens is 539 g/mol. The van der Waals surface area contributed by atoms with Crippen molar-refractivity contribution in [1.82, 2.24) is 14.8 Å². The molecule has 182 valence electrons. The Bertz CT molecular complexity index is 1400. The maximum absolute atomic E-state index is 15.1. The molecule has 0 unspecified atom stereocenters. The molecular formula is C24H21BrFN4O4S-. The molecule has 1 amide bonds. The lowest BCUT2D eigenvalue weighted by molar-refractivity contribution is -0.255. The van der Waals surface area contributed by atoms with Crippen LogP contribution >= 0.6 is 28.1 Å². The van der Waals surface area contributed by atoms with Crippen molar-refractivity contribution in [1.29, 1.82) is 0 Å². The summed E-state index contributed by atoms with van der Waals surface area (Å²) in [5, 5.41) is 14.3. The first-order chi connectivity index (χ1) is 16.7. The van der Waals surface area contributed by atoms with Gasteiger partial charge in [-0.05, 0) is 59.3 Å². The molecule has 0 aliphatic carbocycles. The maximum Gasteiger partial charge on any atom is 0.258 e. The van der Waals surface area contributed by atoms with Gasteiger partial charge in [0.25, 0.3) is 5.91 Å². The molecule has 0 spiro atoms. The molecule has 0 bridgehead atoms. The van der Waals surface area contributed by atoms with E-state index in [0.29, 0.717) is 59.1 Å². The molecule has 1 fully saturated rings. The minimum Gasteiger partial charge on any atom is -0.545 e. The number of aromatic nitrogens is 1. The number of amides is 1. The smallest absolute Gasteiger partial charge is 0.258 e. The van der Waals surface area contributed by atoms with Crippen molar-refractivity contribution in [3.63, 3.8) is 0 Å². The molecule has 0 radical (unpaired) electrons. The van der Waals surface area contributed by atoms with E-state index in [1.54, 1.807) is 35.8 Å². The van der Waals surface area contributed by atoms with E-state index in [0.717, 1.165) is 6.07 Å². The van der Waals surface area contributed by atoms with E-state index in [-0.39, 0.29) is 11.3 Å². The Balaban J connectivity index is 1.51. The van der Waals surface area contributed by atoms with Crippen molar-refractivity contribution in [2.24, 2.45) is 0 Å². The SMILES string of the molecule is CCn1cc(C(=O)[O-])c(=O)c2cc(F)c(N3CCN(C(=S)NC(=O)c4ccccc4Br)CC3)cc21. The van der Waals surface area contributed by atoms with E-state index in [4.69, 9.17) is 12.2 Å². The van der Waals surface area contributed by atoms with Gasteiger partial charge in [-0.25, -0.2) is 4.39 Å². The topological polar surface area (TPSA) is 97.7 Å². The number of pyridine rings is 1. The monoisotopic (exact) mass is 559 g/mol. The van der Waals surface area contributed by atoms with E-state index in [1.165, 1.54) is 6.20 Å². The zero-order chi connectivity index (χ0) is 25.3. The minimum absolute atomic E-state index is 0.00982. The van der Waals surface area contributed by atoms with Crippen LogP contribution in [0.25, 0.3) is 10.9 Å². The highest BCUT2D eigenvalue weighted by Crippen LogP contribution is 2.26. The lowest BCUT2D eigenvalue weighted by Crippen LogP contribution is -2.53. The molecule has 35 heavy (non-hydrogen) atoms. The summed E-state index contributed by atoms with van der Waals surface area (Å²) in [5.41, 5.74) is -0.0551. The molecule has 1 aromatic heterocycles. The number of hydrogen-bond acceptors (Lipinski definition) is 6. The maximum atomic E-state index is 15.1. The molecule has 11 heteroatoms. The highest BCUT2D eigenvalue weighted by atomic mass is 79.9. The third-order valence-electron chi connectivity index (χ3n) is 5.96. The average Bonchev–Trinajstić information content (AvgIpc) is 2.84. The highest BCUT2D eigenvalue weighted by molar-refractivity contribution is 9.10. The number of rotatable bonds is 4. The van der Waals surface area contributed by atoms with Gasteiger partial charge in [-0.3, -0.25) is 14.9 Å². The van der Waals surface area contributed by atoms with Crippen LogP contribution in [0.15, 0.2) is 51.9 Å². The van der Waals surface area contributed by atoms with Gasteiger partial charge in [0.05, 0.1) is 28.3 Å². The van der Waals surface area contributed by atoms with E-state index in [1.807, 2.05) is 15.9 Å². The molecule has 4 rings (SSSR count). The van der Waals surface area contributed by atoms with Crippen molar-refractivity contribution >= 4 is 61.7 Å². The van der Waals surface area contributed by atoms with Gasteiger partial charge in [-0.1, -0.05) is 12.1 Å². The lowest BCUT2D eigenvalue weighted by atomic mass is 10.1. The number of carboxylic acid groups (broad SMARTS) is 1. The van der Waals surface area contributed by atoms with Crippen molar-refractivity contribution in [3.8, 4) is 0 Å². The summed E-state index contributed by atoms with van der Waals surface area (Å²) in [7, 11) is 0. The average molecular weight is 560 g/mol. The fourth-order valence-electron chi connectivity index (χ4n) is 4.09. The number of carboxylic acids is 1. The summed E-state index contributed by atoms with van der Waals surface area (Å²) in [6, 6.07) is 9.68. The zero-order valence-electron chi connectivity index (χ0n) is 18.7. The molecule has 0 saturated carbocycles. The summed E-state index contributed by atoms with van der Waals surface area (Å²) in [5.74, 6) is -2.53. The number of aryl methyl sites for hydroxylation is 1. The number of halogens is 2. The van der Waals surface area contributed by atoms with Crippen LogP contribution in [0.2, 0.25) is 0 Å². The van der Waals surface area contributed by atoms with Gasteiger partial charge in [0, 0.05) is 48.8 Å². The van der Waals surface area contributed by atoms with Crippen molar-refractivity contribution in [2.75, 3.05) is 31.1 Å². The molecule has 2 aromatic carbocycles. The fraction of sp³-hybridized carbons (Fsp3) is 0.250.